The third kappa shape index (κ3) is 3.83. The third-order valence-electron chi connectivity index (χ3n) is 2.00. The van der Waals surface area contributed by atoms with Crippen molar-refractivity contribution in [3.63, 3.8) is 0 Å². The summed E-state index contributed by atoms with van der Waals surface area (Å²) in [6, 6.07) is 1.28. The third-order valence-corrected chi connectivity index (χ3v) is 2.50. The molecule has 1 rings (SSSR count). The Hall–Kier alpha value is -1.37. The van der Waals surface area contributed by atoms with Crippen molar-refractivity contribution in [3.05, 3.63) is 28.0 Å². The number of esters is 1. The van der Waals surface area contributed by atoms with Gasteiger partial charge in [0.05, 0.1) is 24.2 Å². The molecule has 0 fully saturated rings. The lowest BCUT2D eigenvalue weighted by molar-refractivity contribution is -0.149. The van der Waals surface area contributed by atoms with Crippen molar-refractivity contribution in [1.29, 1.82) is 0 Å². The molecule has 0 saturated heterocycles. The van der Waals surface area contributed by atoms with Gasteiger partial charge in [0.2, 0.25) is 0 Å². The first-order valence-electron chi connectivity index (χ1n) is 4.81. The van der Waals surface area contributed by atoms with Crippen LogP contribution in [-0.2, 0) is 9.53 Å². The zero-order valence-corrected chi connectivity index (χ0v) is 10.8. The molecule has 1 aromatic rings. The van der Waals surface area contributed by atoms with E-state index in [9.17, 15) is 14.7 Å². The van der Waals surface area contributed by atoms with Crippen LogP contribution in [0.25, 0.3) is 0 Å². The van der Waals surface area contributed by atoms with Crippen molar-refractivity contribution in [3.8, 4) is 0 Å². The summed E-state index contributed by atoms with van der Waals surface area (Å²) in [6.45, 7) is -0.290. The van der Waals surface area contributed by atoms with E-state index in [2.05, 4.69) is 15.0 Å². The maximum atomic E-state index is 11.7. The normalized spacial score (nSPS) is 11.8. The summed E-state index contributed by atoms with van der Waals surface area (Å²) >= 11 is 11.4. The minimum Gasteiger partial charge on any atom is -0.467 e. The molecule has 1 amide bonds. The fourth-order valence-corrected chi connectivity index (χ4v) is 1.44. The van der Waals surface area contributed by atoms with Gasteiger partial charge in [-0.2, -0.15) is 0 Å². The first kappa shape index (κ1) is 14.7. The summed E-state index contributed by atoms with van der Waals surface area (Å²) in [5, 5.41) is 11.8. The van der Waals surface area contributed by atoms with Gasteiger partial charge in [-0.15, -0.1) is 0 Å². The maximum absolute atomic E-state index is 11.7. The second-order valence-electron chi connectivity index (χ2n) is 3.24. The molecule has 0 aliphatic rings. The molecule has 98 valence electrons. The quantitative estimate of drug-likeness (QED) is 0.628. The largest absolute Gasteiger partial charge is 0.467 e. The van der Waals surface area contributed by atoms with Crippen LogP contribution in [-0.4, -0.2) is 41.7 Å². The average molecular weight is 293 g/mol. The number of aromatic nitrogens is 1. The van der Waals surface area contributed by atoms with Crippen LogP contribution in [0.15, 0.2) is 12.3 Å². The average Bonchev–Trinajstić information content (AvgIpc) is 2.37. The molecule has 0 aromatic carbocycles. The highest BCUT2D eigenvalue weighted by molar-refractivity contribution is 6.35. The molecular weight excluding hydrogens is 283 g/mol. The summed E-state index contributed by atoms with van der Waals surface area (Å²) in [5.74, 6) is -1.42. The van der Waals surface area contributed by atoms with Crippen molar-refractivity contribution in [1.82, 2.24) is 10.3 Å². The molecule has 1 atom stereocenters. The number of nitrogens with one attached hydrogen (secondary N) is 1. The fraction of sp³-hybridized carbons (Fsp3) is 0.300. The topological polar surface area (TPSA) is 88.5 Å². The summed E-state index contributed by atoms with van der Waals surface area (Å²) in [5.41, 5.74) is 0.105. The van der Waals surface area contributed by atoms with E-state index in [0.717, 1.165) is 7.11 Å². The van der Waals surface area contributed by atoms with Gasteiger partial charge in [0.25, 0.3) is 5.91 Å². The van der Waals surface area contributed by atoms with Crippen LogP contribution in [0.4, 0.5) is 0 Å². The monoisotopic (exact) mass is 292 g/mol. The molecule has 6 nitrogen and oxygen atoms in total. The summed E-state index contributed by atoms with van der Waals surface area (Å²) in [6.07, 6.45) is -0.203. The van der Waals surface area contributed by atoms with Gasteiger partial charge >= 0.3 is 5.97 Å². The number of hydrogen-bond acceptors (Lipinski definition) is 5. The smallest absolute Gasteiger partial charge is 0.336 e. The molecule has 0 bridgehead atoms. The molecule has 2 N–H and O–H groups in total. The van der Waals surface area contributed by atoms with Crippen molar-refractivity contribution in [2.75, 3.05) is 13.7 Å². The molecule has 0 saturated carbocycles. The fourth-order valence-electron chi connectivity index (χ4n) is 1.09. The second-order valence-corrected chi connectivity index (χ2v) is 4.03. The van der Waals surface area contributed by atoms with Crippen LogP contribution < -0.4 is 5.32 Å². The lowest BCUT2D eigenvalue weighted by Gasteiger charge is -2.10. The Labute approximate surface area is 113 Å². The number of carbonyl (C=O) groups is 2. The molecule has 8 heteroatoms. The van der Waals surface area contributed by atoms with Gasteiger partial charge in [-0.1, -0.05) is 23.2 Å². The molecule has 0 aliphatic heterocycles. The van der Waals surface area contributed by atoms with E-state index in [1.54, 1.807) is 0 Å². The van der Waals surface area contributed by atoms with E-state index in [1.807, 2.05) is 0 Å². The minimum absolute atomic E-state index is 0.105. The number of aliphatic hydroxyl groups excluding tert-OH is 1. The van der Waals surface area contributed by atoms with E-state index in [-0.39, 0.29) is 22.3 Å². The second kappa shape index (κ2) is 6.53. The lowest BCUT2D eigenvalue weighted by Crippen LogP contribution is -2.37. The molecule has 0 spiro atoms. The van der Waals surface area contributed by atoms with Crippen LogP contribution >= 0.6 is 23.2 Å². The van der Waals surface area contributed by atoms with E-state index < -0.39 is 18.0 Å². The number of pyridine rings is 1. The van der Waals surface area contributed by atoms with Crippen molar-refractivity contribution in [2.24, 2.45) is 0 Å². The number of carbonyl (C=O) groups excluding carboxylic acids is 2. The van der Waals surface area contributed by atoms with Gasteiger partial charge in [0, 0.05) is 6.20 Å². The molecule has 0 radical (unpaired) electrons. The van der Waals surface area contributed by atoms with Crippen molar-refractivity contribution >= 4 is 35.1 Å². The number of rotatable bonds is 4. The van der Waals surface area contributed by atoms with Gasteiger partial charge in [0.1, 0.15) is 5.15 Å². The SMILES string of the molecule is COC(=O)C(O)CNC(=O)c1cc(Cl)ncc1Cl. The Morgan fingerprint density at radius 1 is 1.56 bits per heavy atom. The van der Waals surface area contributed by atoms with Crippen LogP contribution in [0.1, 0.15) is 10.4 Å². The Balaban J connectivity index is 2.66. The first-order valence-corrected chi connectivity index (χ1v) is 5.56. The van der Waals surface area contributed by atoms with Crippen LogP contribution in [0.3, 0.4) is 0 Å². The lowest BCUT2D eigenvalue weighted by atomic mass is 10.2. The highest BCUT2D eigenvalue weighted by atomic mass is 35.5. The number of halogens is 2. The van der Waals surface area contributed by atoms with Gasteiger partial charge in [-0.25, -0.2) is 9.78 Å². The summed E-state index contributed by atoms with van der Waals surface area (Å²) in [7, 11) is 1.13. The first-order chi connectivity index (χ1) is 8.45. The van der Waals surface area contributed by atoms with Crippen molar-refractivity contribution in [2.45, 2.75) is 6.10 Å². The maximum Gasteiger partial charge on any atom is 0.336 e. The standard InChI is InChI=1S/C10H10Cl2N2O4/c1-18-10(17)7(15)4-14-9(16)5-2-8(12)13-3-6(5)11/h2-3,7,15H,4H2,1H3,(H,14,16). The van der Waals surface area contributed by atoms with E-state index in [4.69, 9.17) is 23.2 Å². The zero-order chi connectivity index (χ0) is 13.7. The molecule has 1 heterocycles. The number of nitrogens with zero attached hydrogens (tertiary/aromatic N) is 1. The Bertz CT molecular complexity index is 467. The van der Waals surface area contributed by atoms with Crippen LogP contribution in [0, 0.1) is 0 Å². The van der Waals surface area contributed by atoms with Gasteiger partial charge in [0.15, 0.2) is 6.10 Å². The predicted molar refractivity (Wildman–Crippen MR) is 64.6 cm³/mol. The van der Waals surface area contributed by atoms with Gasteiger partial charge in [-0.05, 0) is 6.07 Å². The molecule has 18 heavy (non-hydrogen) atoms. The van der Waals surface area contributed by atoms with E-state index in [1.165, 1.54) is 12.3 Å². The molecule has 1 unspecified atom stereocenters. The van der Waals surface area contributed by atoms with Crippen molar-refractivity contribution < 1.29 is 19.4 Å². The molecular formula is C10H10Cl2N2O4. The number of ether oxygens (including phenoxy) is 1. The molecule has 0 aliphatic carbocycles. The zero-order valence-electron chi connectivity index (χ0n) is 9.31. The number of methoxy groups -OCH3 is 1. The Kier molecular flexibility index (Phi) is 5.33. The van der Waals surface area contributed by atoms with E-state index in [0.29, 0.717) is 0 Å². The summed E-state index contributed by atoms with van der Waals surface area (Å²) in [4.78, 5) is 26.3. The number of amides is 1. The van der Waals surface area contributed by atoms with Gasteiger partial charge in [-0.3, -0.25) is 4.79 Å². The van der Waals surface area contributed by atoms with E-state index >= 15 is 0 Å². The minimum atomic E-state index is -1.44. The number of hydrogen-bond donors (Lipinski definition) is 2. The van der Waals surface area contributed by atoms with Crippen LogP contribution in [0.2, 0.25) is 10.2 Å². The Morgan fingerprint density at radius 2 is 2.22 bits per heavy atom. The highest BCUT2D eigenvalue weighted by Gasteiger charge is 2.18. The Morgan fingerprint density at radius 3 is 2.83 bits per heavy atom. The predicted octanol–water partition coefficient (Wildman–Crippen LogP) is 0.652. The highest BCUT2D eigenvalue weighted by Crippen LogP contribution is 2.17. The summed E-state index contributed by atoms with van der Waals surface area (Å²) < 4.78 is 4.30. The van der Waals surface area contributed by atoms with Gasteiger partial charge < -0.3 is 15.2 Å². The number of aliphatic hydroxyl groups is 1. The van der Waals surface area contributed by atoms with Crippen LogP contribution in [0.5, 0.6) is 0 Å². The molecule has 1 aromatic heterocycles.